The zero-order valence-corrected chi connectivity index (χ0v) is 16.9. The van der Waals surface area contributed by atoms with Crippen molar-refractivity contribution < 1.29 is 4.79 Å². The fourth-order valence-corrected chi connectivity index (χ4v) is 3.53. The number of carbonyl (C=O) groups is 1. The molecule has 0 aliphatic heterocycles. The highest BCUT2D eigenvalue weighted by Crippen LogP contribution is 2.55. The molecule has 0 spiro atoms. The van der Waals surface area contributed by atoms with Crippen LogP contribution >= 0.6 is 0 Å². The molecule has 0 unspecified atom stereocenters. The highest BCUT2D eigenvalue weighted by Gasteiger charge is 2.47. The van der Waals surface area contributed by atoms with Gasteiger partial charge in [0.1, 0.15) is 0 Å². The van der Waals surface area contributed by atoms with Crippen LogP contribution in [0.3, 0.4) is 0 Å². The molecular formula is C21H36O. The van der Waals surface area contributed by atoms with Crippen molar-refractivity contribution in [1.82, 2.24) is 0 Å². The van der Waals surface area contributed by atoms with E-state index < -0.39 is 0 Å². The first kappa shape index (κ1) is 19.2. The molecule has 0 N–H and O–H groups in total. The Bertz CT molecular complexity index is 491. The van der Waals surface area contributed by atoms with Crippen molar-refractivity contribution in [2.75, 3.05) is 0 Å². The number of rotatable bonds is 0. The van der Waals surface area contributed by atoms with E-state index in [9.17, 15) is 4.79 Å². The van der Waals surface area contributed by atoms with Crippen molar-refractivity contribution in [2.24, 2.45) is 21.7 Å². The quantitative estimate of drug-likeness (QED) is 0.510. The number of hydrogen-bond acceptors (Lipinski definition) is 1. The minimum Gasteiger partial charge on any atom is -0.289 e. The second-order valence-corrected chi connectivity index (χ2v) is 10.8. The fourth-order valence-electron chi connectivity index (χ4n) is 3.53. The largest absolute Gasteiger partial charge is 0.289 e. The van der Waals surface area contributed by atoms with Gasteiger partial charge >= 0.3 is 0 Å². The van der Waals surface area contributed by atoms with Crippen molar-refractivity contribution in [3.63, 3.8) is 0 Å². The second-order valence-electron chi connectivity index (χ2n) is 10.8. The summed E-state index contributed by atoms with van der Waals surface area (Å²) in [4.78, 5) is 13.4. The van der Waals surface area contributed by atoms with Gasteiger partial charge in [0, 0.05) is 11.1 Å². The molecule has 1 heteroatoms. The molecule has 1 nitrogen and oxygen atoms in total. The van der Waals surface area contributed by atoms with Gasteiger partial charge in [-0.15, -0.1) is 0 Å². The summed E-state index contributed by atoms with van der Waals surface area (Å²) in [7, 11) is 0. The average Bonchev–Trinajstić information content (AvgIpc) is 2.48. The number of hydrogen-bond donors (Lipinski definition) is 0. The molecule has 126 valence electrons. The molecule has 0 aromatic rings. The molecule has 0 heterocycles. The summed E-state index contributed by atoms with van der Waals surface area (Å²) >= 11 is 0. The highest BCUT2D eigenvalue weighted by molar-refractivity contribution is 6.15. The molecule has 1 aliphatic rings. The summed E-state index contributed by atoms with van der Waals surface area (Å²) in [6.07, 6.45) is 0. The van der Waals surface area contributed by atoms with Crippen LogP contribution in [0.2, 0.25) is 0 Å². The normalized spacial score (nSPS) is 18.6. The molecule has 0 atom stereocenters. The summed E-state index contributed by atoms with van der Waals surface area (Å²) < 4.78 is 0. The minimum absolute atomic E-state index is 0.0338. The van der Waals surface area contributed by atoms with E-state index in [1.807, 2.05) is 0 Å². The van der Waals surface area contributed by atoms with Gasteiger partial charge in [-0.05, 0) is 32.8 Å². The van der Waals surface area contributed by atoms with Gasteiger partial charge in [-0.1, -0.05) is 83.1 Å². The summed E-state index contributed by atoms with van der Waals surface area (Å²) in [5.41, 5.74) is 4.27. The zero-order chi connectivity index (χ0) is 17.9. The van der Waals surface area contributed by atoms with Gasteiger partial charge in [0.05, 0.1) is 0 Å². The molecule has 0 aromatic heterocycles. The lowest BCUT2D eigenvalue weighted by atomic mass is 9.68. The standard InChI is InChI=1S/C21H36O/c1-18(2,3)13-14(19(4,5)6)16(21(10,11)12)17(22)15(13)20(7,8)9/h1-12H3. The van der Waals surface area contributed by atoms with Crippen LogP contribution in [0.4, 0.5) is 0 Å². The molecule has 0 amide bonds. The Morgan fingerprint density at radius 2 is 0.591 bits per heavy atom. The molecule has 22 heavy (non-hydrogen) atoms. The summed E-state index contributed by atoms with van der Waals surface area (Å²) in [5, 5.41) is 0. The Morgan fingerprint density at radius 3 is 0.727 bits per heavy atom. The number of ketones is 1. The molecule has 0 saturated carbocycles. The lowest BCUT2D eigenvalue weighted by molar-refractivity contribution is -0.113. The van der Waals surface area contributed by atoms with Gasteiger partial charge in [-0.25, -0.2) is 0 Å². The summed E-state index contributed by atoms with van der Waals surface area (Å²) in [6.45, 7) is 26.4. The third-order valence-electron chi connectivity index (χ3n) is 4.20. The molecule has 0 saturated heterocycles. The van der Waals surface area contributed by atoms with E-state index in [4.69, 9.17) is 0 Å². The van der Waals surface area contributed by atoms with Crippen molar-refractivity contribution in [3.05, 3.63) is 22.3 Å². The van der Waals surface area contributed by atoms with Crippen molar-refractivity contribution in [2.45, 2.75) is 83.1 Å². The third-order valence-corrected chi connectivity index (χ3v) is 4.20. The van der Waals surface area contributed by atoms with Crippen molar-refractivity contribution in [1.29, 1.82) is 0 Å². The second kappa shape index (κ2) is 5.08. The summed E-state index contributed by atoms with van der Waals surface area (Å²) in [5.74, 6) is 0.273. The van der Waals surface area contributed by atoms with Crippen LogP contribution in [0, 0.1) is 21.7 Å². The Kier molecular flexibility index (Phi) is 4.43. The van der Waals surface area contributed by atoms with Crippen LogP contribution < -0.4 is 0 Å². The molecule has 1 aliphatic carbocycles. The number of carbonyl (C=O) groups excluding carboxylic acids is 1. The van der Waals surface area contributed by atoms with Gasteiger partial charge in [-0.2, -0.15) is 0 Å². The van der Waals surface area contributed by atoms with E-state index in [2.05, 4.69) is 83.1 Å². The van der Waals surface area contributed by atoms with E-state index in [1.165, 1.54) is 11.1 Å². The third kappa shape index (κ3) is 3.39. The van der Waals surface area contributed by atoms with E-state index in [0.29, 0.717) is 0 Å². The molecule has 0 bridgehead atoms. The first-order valence-electron chi connectivity index (χ1n) is 8.45. The molecule has 0 fully saturated rings. The monoisotopic (exact) mass is 304 g/mol. The van der Waals surface area contributed by atoms with E-state index in [1.54, 1.807) is 0 Å². The van der Waals surface area contributed by atoms with Crippen LogP contribution in [0.5, 0.6) is 0 Å². The van der Waals surface area contributed by atoms with Crippen LogP contribution in [0.1, 0.15) is 83.1 Å². The smallest absolute Gasteiger partial charge is 0.186 e. The molecular weight excluding hydrogens is 268 g/mol. The van der Waals surface area contributed by atoms with Gasteiger partial charge in [-0.3, -0.25) is 4.79 Å². The Hall–Kier alpha value is -0.850. The predicted molar refractivity (Wildman–Crippen MR) is 96.9 cm³/mol. The first-order valence-corrected chi connectivity index (χ1v) is 8.45. The van der Waals surface area contributed by atoms with Gasteiger partial charge in [0.25, 0.3) is 0 Å². The summed E-state index contributed by atoms with van der Waals surface area (Å²) in [6, 6.07) is 0. The number of allylic oxidation sites excluding steroid dienone is 4. The number of Topliss-reactive ketones (excluding diaryl/α,β-unsaturated/α-hetero) is 1. The Balaban J connectivity index is 3.94. The molecule has 0 aromatic carbocycles. The average molecular weight is 305 g/mol. The first-order chi connectivity index (χ1) is 9.40. The molecule has 0 radical (unpaired) electrons. The maximum Gasteiger partial charge on any atom is 0.186 e. The predicted octanol–water partition coefficient (Wildman–Crippen LogP) is 6.35. The van der Waals surface area contributed by atoms with E-state index >= 15 is 0 Å². The van der Waals surface area contributed by atoms with E-state index in [-0.39, 0.29) is 27.4 Å². The SMILES string of the molecule is CC(C)(C)C1=C(C(C)(C)C)C(C(C)(C)C)=C(C(C)(C)C)C1=O. The minimum atomic E-state index is -0.136. The zero-order valence-electron chi connectivity index (χ0n) is 16.9. The fraction of sp³-hybridized carbons (Fsp3) is 0.762. The van der Waals surface area contributed by atoms with Crippen LogP contribution in [-0.4, -0.2) is 5.78 Å². The van der Waals surface area contributed by atoms with Gasteiger partial charge in [0.15, 0.2) is 5.78 Å². The van der Waals surface area contributed by atoms with Gasteiger partial charge in [0.2, 0.25) is 0 Å². The van der Waals surface area contributed by atoms with Crippen LogP contribution in [0.15, 0.2) is 22.3 Å². The highest BCUT2D eigenvalue weighted by atomic mass is 16.1. The maximum atomic E-state index is 13.4. The van der Waals surface area contributed by atoms with E-state index in [0.717, 1.165) is 11.1 Å². The maximum absolute atomic E-state index is 13.4. The lowest BCUT2D eigenvalue weighted by Crippen LogP contribution is -2.24. The van der Waals surface area contributed by atoms with Crippen molar-refractivity contribution in [3.8, 4) is 0 Å². The lowest BCUT2D eigenvalue weighted by Gasteiger charge is -2.35. The topological polar surface area (TPSA) is 17.1 Å². The van der Waals surface area contributed by atoms with Gasteiger partial charge < -0.3 is 0 Å². The Labute approximate surface area is 138 Å². The van der Waals surface area contributed by atoms with Crippen molar-refractivity contribution >= 4 is 5.78 Å². The van der Waals surface area contributed by atoms with Crippen LogP contribution in [0.25, 0.3) is 0 Å². The van der Waals surface area contributed by atoms with Crippen LogP contribution in [-0.2, 0) is 4.79 Å². The Morgan fingerprint density at radius 1 is 0.409 bits per heavy atom. The molecule has 1 rings (SSSR count).